The summed E-state index contributed by atoms with van der Waals surface area (Å²) in [7, 11) is 0. The smallest absolute Gasteiger partial charge is 0.231 e. The molecule has 2 aromatic rings. The van der Waals surface area contributed by atoms with Crippen molar-refractivity contribution in [3.8, 4) is 11.5 Å². The number of likely N-dealkylation sites (tertiary alicyclic amines) is 1. The minimum atomic E-state index is -0.334. The van der Waals surface area contributed by atoms with E-state index in [9.17, 15) is 9.59 Å². The van der Waals surface area contributed by atoms with Crippen LogP contribution in [0.5, 0.6) is 0 Å². The molecule has 1 aliphatic carbocycles. The second-order valence-electron chi connectivity index (χ2n) is 6.43. The summed E-state index contributed by atoms with van der Waals surface area (Å²) in [6.07, 6.45) is 3.76. The molecule has 1 saturated heterocycles. The highest BCUT2D eigenvalue weighted by molar-refractivity contribution is 9.10. The van der Waals surface area contributed by atoms with Gasteiger partial charge in [-0.05, 0) is 50.2 Å². The van der Waals surface area contributed by atoms with Crippen LogP contribution in [0.15, 0.2) is 44.9 Å². The van der Waals surface area contributed by atoms with Crippen molar-refractivity contribution in [2.24, 2.45) is 0 Å². The molecule has 6 nitrogen and oxygen atoms in total. The standard InChI is InChI=1S/C19H18BrN3O3/c20-13-5-3-12(4-6-13)19-22-16-17(25)14(11-15(24)18(16)26-19)21-7-10-23-8-1-2-9-23/h3-6,11,21H,1-2,7-10H2. The number of ketones is 2. The molecule has 0 radical (unpaired) electrons. The summed E-state index contributed by atoms with van der Waals surface area (Å²) < 4.78 is 6.50. The number of carbonyl (C=O) groups is 2. The second kappa shape index (κ2) is 7.17. The van der Waals surface area contributed by atoms with Crippen LogP contribution in [0.3, 0.4) is 0 Å². The molecule has 2 heterocycles. The molecule has 0 unspecified atom stereocenters. The Balaban J connectivity index is 1.50. The first-order chi connectivity index (χ1) is 12.6. The quantitative estimate of drug-likeness (QED) is 0.808. The first kappa shape index (κ1) is 17.2. The number of hydrogen-bond acceptors (Lipinski definition) is 6. The van der Waals surface area contributed by atoms with E-state index >= 15 is 0 Å². The average Bonchev–Trinajstić information content (AvgIpc) is 3.30. The molecule has 0 spiro atoms. The van der Waals surface area contributed by atoms with Crippen molar-refractivity contribution < 1.29 is 14.0 Å². The number of rotatable bonds is 5. The van der Waals surface area contributed by atoms with Crippen LogP contribution in [-0.4, -0.2) is 47.6 Å². The van der Waals surface area contributed by atoms with Crippen LogP contribution in [0.25, 0.3) is 11.5 Å². The second-order valence-corrected chi connectivity index (χ2v) is 7.35. The zero-order valence-corrected chi connectivity index (χ0v) is 15.7. The van der Waals surface area contributed by atoms with Crippen molar-refractivity contribution in [3.05, 3.63) is 52.0 Å². The van der Waals surface area contributed by atoms with Gasteiger partial charge in [0, 0.05) is 29.2 Å². The Labute approximate surface area is 159 Å². The van der Waals surface area contributed by atoms with Crippen LogP contribution >= 0.6 is 15.9 Å². The molecule has 0 saturated carbocycles. The number of oxazole rings is 1. The molecule has 7 heteroatoms. The largest absolute Gasteiger partial charge is 0.432 e. The number of benzene rings is 1. The van der Waals surface area contributed by atoms with E-state index in [4.69, 9.17) is 4.42 Å². The van der Waals surface area contributed by atoms with E-state index in [1.165, 1.54) is 18.9 Å². The van der Waals surface area contributed by atoms with Gasteiger partial charge in [0.05, 0.1) is 5.70 Å². The van der Waals surface area contributed by atoms with Crippen molar-refractivity contribution in [1.82, 2.24) is 15.2 Å². The topological polar surface area (TPSA) is 75.4 Å². The Morgan fingerprint density at radius 3 is 2.62 bits per heavy atom. The number of nitrogens with one attached hydrogen (secondary N) is 1. The molecule has 0 atom stereocenters. The van der Waals surface area contributed by atoms with Gasteiger partial charge in [-0.1, -0.05) is 15.9 Å². The van der Waals surface area contributed by atoms with Crippen LogP contribution in [0, 0.1) is 0 Å². The van der Waals surface area contributed by atoms with Gasteiger partial charge in [0.1, 0.15) is 0 Å². The molecule has 1 aromatic carbocycles. The fraction of sp³-hybridized carbons (Fsp3) is 0.316. The maximum absolute atomic E-state index is 12.7. The number of aromatic nitrogens is 1. The number of Topliss-reactive ketones (excluding diaryl/α,β-unsaturated/α-hetero) is 1. The summed E-state index contributed by atoms with van der Waals surface area (Å²) in [6.45, 7) is 3.67. The number of halogens is 1. The first-order valence-electron chi connectivity index (χ1n) is 8.65. The predicted octanol–water partition coefficient (Wildman–Crippen LogP) is 3.05. The van der Waals surface area contributed by atoms with Crippen LogP contribution in [0.2, 0.25) is 0 Å². The maximum atomic E-state index is 12.7. The van der Waals surface area contributed by atoms with E-state index in [0.717, 1.165) is 24.1 Å². The highest BCUT2D eigenvalue weighted by atomic mass is 79.9. The number of hydrogen-bond donors (Lipinski definition) is 1. The van der Waals surface area contributed by atoms with Crippen LogP contribution in [-0.2, 0) is 0 Å². The molecule has 134 valence electrons. The number of carbonyl (C=O) groups excluding carboxylic acids is 2. The SMILES string of the molecule is O=C1C(NCCN2CCCC2)=CC(=O)c2oc(-c3ccc(Br)cc3)nc21. The summed E-state index contributed by atoms with van der Waals surface area (Å²) >= 11 is 3.37. The molecule has 0 bridgehead atoms. The van der Waals surface area contributed by atoms with Gasteiger partial charge in [0.2, 0.25) is 23.2 Å². The van der Waals surface area contributed by atoms with Crippen LogP contribution in [0.1, 0.15) is 33.9 Å². The van der Waals surface area contributed by atoms with Crippen LogP contribution < -0.4 is 5.32 Å². The Kier molecular flexibility index (Phi) is 4.74. The highest BCUT2D eigenvalue weighted by Gasteiger charge is 2.32. The summed E-state index contributed by atoms with van der Waals surface area (Å²) in [5, 5.41) is 3.09. The molecule has 0 amide bonds. The molecular weight excluding hydrogens is 398 g/mol. The molecule has 1 fully saturated rings. The third-order valence-electron chi connectivity index (χ3n) is 4.62. The van der Waals surface area contributed by atoms with Crippen molar-refractivity contribution >= 4 is 27.5 Å². The van der Waals surface area contributed by atoms with Gasteiger partial charge in [-0.15, -0.1) is 0 Å². The Bertz CT molecular complexity index is 880. The fourth-order valence-corrected chi connectivity index (χ4v) is 3.50. The van der Waals surface area contributed by atoms with E-state index in [1.807, 2.05) is 24.3 Å². The average molecular weight is 416 g/mol. The third-order valence-corrected chi connectivity index (χ3v) is 5.15. The van der Waals surface area contributed by atoms with Gasteiger partial charge in [0.15, 0.2) is 5.69 Å². The highest BCUT2D eigenvalue weighted by Crippen LogP contribution is 2.27. The Morgan fingerprint density at radius 1 is 1.15 bits per heavy atom. The summed E-state index contributed by atoms with van der Waals surface area (Å²) in [5.41, 5.74) is 1.09. The summed E-state index contributed by atoms with van der Waals surface area (Å²) in [5.74, 6) is -0.346. The maximum Gasteiger partial charge on any atom is 0.231 e. The van der Waals surface area contributed by atoms with Gasteiger partial charge in [0.25, 0.3) is 0 Å². The molecule has 2 aliphatic rings. The van der Waals surface area contributed by atoms with E-state index < -0.39 is 0 Å². The zero-order chi connectivity index (χ0) is 18.1. The first-order valence-corrected chi connectivity index (χ1v) is 9.45. The third kappa shape index (κ3) is 3.37. The lowest BCUT2D eigenvalue weighted by Crippen LogP contribution is -2.33. The van der Waals surface area contributed by atoms with E-state index in [2.05, 4.69) is 31.1 Å². The normalized spacial score (nSPS) is 17.3. The molecule has 1 N–H and O–H groups in total. The zero-order valence-electron chi connectivity index (χ0n) is 14.1. The van der Waals surface area contributed by atoms with Crippen molar-refractivity contribution in [1.29, 1.82) is 0 Å². The van der Waals surface area contributed by atoms with Crippen molar-refractivity contribution in [2.45, 2.75) is 12.8 Å². The van der Waals surface area contributed by atoms with Crippen molar-refractivity contribution in [3.63, 3.8) is 0 Å². The summed E-state index contributed by atoms with van der Waals surface area (Å²) in [4.78, 5) is 31.6. The van der Waals surface area contributed by atoms with E-state index in [1.54, 1.807) is 0 Å². The summed E-state index contributed by atoms with van der Waals surface area (Å²) in [6, 6.07) is 7.34. The molecule has 26 heavy (non-hydrogen) atoms. The van der Waals surface area contributed by atoms with Gasteiger partial charge in [-0.25, -0.2) is 4.98 Å². The number of fused-ring (bicyclic) bond motifs is 1. The minimum absolute atomic E-state index is 0.0120. The van der Waals surface area contributed by atoms with Crippen molar-refractivity contribution in [2.75, 3.05) is 26.2 Å². The van der Waals surface area contributed by atoms with Gasteiger partial charge >= 0.3 is 0 Å². The monoisotopic (exact) mass is 415 g/mol. The van der Waals surface area contributed by atoms with Gasteiger partial charge < -0.3 is 14.6 Å². The van der Waals surface area contributed by atoms with Gasteiger partial charge in [-0.3, -0.25) is 9.59 Å². The van der Waals surface area contributed by atoms with E-state index in [0.29, 0.717) is 12.1 Å². The van der Waals surface area contributed by atoms with Gasteiger partial charge in [-0.2, -0.15) is 0 Å². The number of nitrogens with zero attached hydrogens (tertiary/aromatic N) is 2. The molecule has 1 aromatic heterocycles. The van der Waals surface area contributed by atoms with E-state index in [-0.39, 0.29) is 34.6 Å². The fourth-order valence-electron chi connectivity index (χ4n) is 3.23. The lowest BCUT2D eigenvalue weighted by molar-refractivity contribution is 0.0960. The lowest BCUT2D eigenvalue weighted by Gasteiger charge is -2.17. The minimum Gasteiger partial charge on any atom is -0.432 e. The molecule has 4 rings (SSSR count). The lowest BCUT2D eigenvalue weighted by atomic mass is 10.0. The molecule has 1 aliphatic heterocycles. The molecular formula is C19H18BrN3O3. The predicted molar refractivity (Wildman–Crippen MR) is 100 cm³/mol. The Morgan fingerprint density at radius 2 is 1.88 bits per heavy atom. The number of allylic oxidation sites excluding steroid dienone is 2. The Hall–Kier alpha value is -2.25. The van der Waals surface area contributed by atoms with Crippen LogP contribution in [0.4, 0.5) is 0 Å².